The van der Waals surface area contributed by atoms with Crippen LogP contribution >= 0.6 is 31.9 Å². The molecule has 5 heteroatoms. The first-order valence-corrected chi connectivity index (χ1v) is 5.40. The Kier molecular flexibility index (Phi) is 4.69. The molecule has 0 aromatic carbocycles. The standard InChI is InChI=1S/C8H10Br2N2O/c1-2-4-13-5-3-12-8(10)6-7(9)11-12/h2,6H,1,3-5H2. The predicted octanol–water partition coefficient (Wildman–Crippen LogP) is 2.61. The van der Waals surface area contributed by atoms with Gasteiger partial charge in [-0.2, -0.15) is 5.10 Å². The molecule has 0 spiro atoms. The van der Waals surface area contributed by atoms with Crippen molar-refractivity contribution in [3.05, 3.63) is 27.9 Å². The van der Waals surface area contributed by atoms with Crippen LogP contribution in [0, 0.1) is 0 Å². The van der Waals surface area contributed by atoms with Crippen molar-refractivity contribution < 1.29 is 4.74 Å². The Morgan fingerprint density at radius 2 is 2.38 bits per heavy atom. The van der Waals surface area contributed by atoms with Crippen molar-refractivity contribution in [3.8, 4) is 0 Å². The lowest BCUT2D eigenvalue weighted by Gasteiger charge is -2.02. The van der Waals surface area contributed by atoms with E-state index in [1.165, 1.54) is 0 Å². The van der Waals surface area contributed by atoms with Crippen molar-refractivity contribution in [2.24, 2.45) is 0 Å². The zero-order chi connectivity index (χ0) is 9.68. The van der Waals surface area contributed by atoms with Crippen LogP contribution in [-0.4, -0.2) is 23.0 Å². The van der Waals surface area contributed by atoms with E-state index < -0.39 is 0 Å². The molecule has 0 saturated heterocycles. The molecule has 0 aliphatic rings. The molecule has 0 atom stereocenters. The second kappa shape index (κ2) is 5.57. The fraction of sp³-hybridized carbons (Fsp3) is 0.375. The van der Waals surface area contributed by atoms with Crippen LogP contribution < -0.4 is 0 Å². The minimum atomic E-state index is 0.583. The Morgan fingerprint density at radius 1 is 1.62 bits per heavy atom. The first kappa shape index (κ1) is 10.9. The summed E-state index contributed by atoms with van der Waals surface area (Å²) in [5.74, 6) is 0. The second-order valence-corrected chi connectivity index (χ2v) is 4.00. The lowest BCUT2D eigenvalue weighted by Crippen LogP contribution is -2.07. The van der Waals surface area contributed by atoms with Gasteiger partial charge in [0.25, 0.3) is 0 Å². The van der Waals surface area contributed by atoms with Gasteiger partial charge in [0, 0.05) is 6.07 Å². The van der Waals surface area contributed by atoms with Gasteiger partial charge >= 0.3 is 0 Å². The zero-order valence-electron chi connectivity index (χ0n) is 7.04. The van der Waals surface area contributed by atoms with Crippen molar-refractivity contribution in [2.45, 2.75) is 6.54 Å². The Balaban J connectivity index is 2.36. The van der Waals surface area contributed by atoms with Crippen LogP contribution in [0.4, 0.5) is 0 Å². The normalized spacial score (nSPS) is 10.3. The minimum Gasteiger partial charge on any atom is -0.375 e. The predicted molar refractivity (Wildman–Crippen MR) is 58.6 cm³/mol. The molecule has 0 bridgehead atoms. The molecule has 1 rings (SSSR count). The summed E-state index contributed by atoms with van der Waals surface area (Å²) in [6.45, 7) is 5.52. The largest absolute Gasteiger partial charge is 0.375 e. The van der Waals surface area contributed by atoms with Gasteiger partial charge in [-0.3, -0.25) is 4.68 Å². The SMILES string of the molecule is C=CCOCCn1nc(Br)cc1Br. The van der Waals surface area contributed by atoms with Crippen LogP contribution in [0.2, 0.25) is 0 Å². The van der Waals surface area contributed by atoms with E-state index in [1.807, 2.05) is 10.7 Å². The minimum absolute atomic E-state index is 0.583. The molecule has 13 heavy (non-hydrogen) atoms. The first-order chi connectivity index (χ1) is 6.24. The average molecular weight is 310 g/mol. The molecule has 0 saturated carbocycles. The smallest absolute Gasteiger partial charge is 0.129 e. The van der Waals surface area contributed by atoms with Gasteiger partial charge in [-0.15, -0.1) is 6.58 Å². The van der Waals surface area contributed by atoms with Crippen molar-refractivity contribution in [1.29, 1.82) is 0 Å². The molecule has 0 N–H and O–H groups in total. The summed E-state index contributed by atoms with van der Waals surface area (Å²) in [6, 6.07) is 1.90. The zero-order valence-corrected chi connectivity index (χ0v) is 10.2. The van der Waals surface area contributed by atoms with Gasteiger partial charge in [0.1, 0.15) is 9.21 Å². The van der Waals surface area contributed by atoms with Gasteiger partial charge in [0.2, 0.25) is 0 Å². The molecule has 3 nitrogen and oxygen atoms in total. The van der Waals surface area contributed by atoms with E-state index in [9.17, 15) is 0 Å². The summed E-state index contributed by atoms with van der Waals surface area (Å²) in [5, 5.41) is 4.19. The number of aromatic nitrogens is 2. The Bertz CT molecular complexity index is 286. The van der Waals surface area contributed by atoms with Crippen LogP contribution in [0.25, 0.3) is 0 Å². The maximum absolute atomic E-state index is 5.24. The van der Waals surface area contributed by atoms with Crippen molar-refractivity contribution in [3.63, 3.8) is 0 Å². The number of rotatable bonds is 5. The Hall–Kier alpha value is -0.130. The average Bonchev–Trinajstić information content (AvgIpc) is 2.39. The number of halogens is 2. The van der Waals surface area contributed by atoms with E-state index in [1.54, 1.807) is 6.08 Å². The van der Waals surface area contributed by atoms with E-state index in [-0.39, 0.29) is 0 Å². The lowest BCUT2D eigenvalue weighted by atomic mass is 10.6. The number of hydrogen-bond acceptors (Lipinski definition) is 2. The molecular formula is C8H10Br2N2O. The summed E-state index contributed by atoms with van der Waals surface area (Å²) in [5.41, 5.74) is 0. The number of hydrogen-bond donors (Lipinski definition) is 0. The quantitative estimate of drug-likeness (QED) is 0.617. The molecule has 0 unspecified atom stereocenters. The first-order valence-electron chi connectivity index (χ1n) is 3.81. The fourth-order valence-electron chi connectivity index (χ4n) is 0.839. The third kappa shape index (κ3) is 3.62. The fourth-order valence-corrected chi connectivity index (χ4v) is 2.03. The molecule has 72 valence electrons. The summed E-state index contributed by atoms with van der Waals surface area (Å²) < 4.78 is 8.83. The molecule has 1 heterocycles. The summed E-state index contributed by atoms with van der Waals surface area (Å²) in [7, 11) is 0. The van der Waals surface area contributed by atoms with Crippen LogP contribution in [0.5, 0.6) is 0 Å². The van der Waals surface area contributed by atoms with E-state index in [0.29, 0.717) is 13.2 Å². The maximum atomic E-state index is 5.24. The highest BCUT2D eigenvalue weighted by Crippen LogP contribution is 2.15. The van der Waals surface area contributed by atoms with Crippen LogP contribution in [0.3, 0.4) is 0 Å². The van der Waals surface area contributed by atoms with Crippen LogP contribution in [0.15, 0.2) is 27.9 Å². The summed E-state index contributed by atoms with van der Waals surface area (Å²) in [4.78, 5) is 0. The highest BCUT2D eigenvalue weighted by atomic mass is 79.9. The highest BCUT2D eigenvalue weighted by molar-refractivity contribution is 9.11. The third-order valence-electron chi connectivity index (χ3n) is 1.38. The molecule has 0 fully saturated rings. The monoisotopic (exact) mass is 308 g/mol. The van der Waals surface area contributed by atoms with Gasteiger partial charge in [0.15, 0.2) is 0 Å². The molecule has 1 aromatic rings. The third-order valence-corrected chi connectivity index (χ3v) is 2.41. The van der Waals surface area contributed by atoms with Crippen molar-refractivity contribution >= 4 is 31.9 Å². The van der Waals surface area contributed by atoms with Gasteiger partial charge < -0.3 is 4.74 Å². The topological polar surface area (TPSA) is 27.1 Å². The van der Waals surface area contributed by atoms with Crippen molar-refractivity contribution in [2.75, 3.05) is 13.2 Å². The van der Waals surface area contributed by atoms with E-state index in [0.717, 1.165) is 15.8 Å². The number of ether oxygens (including phenoxy) is 1. The van der Waals surface area contributed by atoms with Gasteiger partial charge in [-0.05, 0) is 31.9 Å². The Labute approximate surface area is 94.0 Å². The van der Waals surface area contributed by atoms with Crippen LogP contribution in [-0.2, 0) is 11.3 Å². The second-order valence-electron chi connectivity index (χ2n) is 2.38. The molecular weight excluding hydrogens is 300 g/mol. The number of nitrogens with zero attached hydrogens (tertiary/aromatic N) is 2. The Morgan fingerprint density at radius 3 is 2.92 bits per heavy atom. The maximum Gasteiger partial charge on any atom is 0.129 e. The summed E-state index contributed by atoms with van der Waals surface area (Å²) >= 11 is 6.67. The van der Waals surface area contributed by atoms with E-state index in [2.05, 4.69) is 43.5 Å². The van der Waals surface area contributed by atoms with Crippen LogP contribution in [0.1, 0.15) is 0 Å². The summed E-state index contributed by atoms with van der Waals surface area (Å²) in [6.07, 6.45) is 1.73. The van der Waals surface area contributed by atoms with E-state index in [4.69, 9.17) is 4.74 Å². The molecule has 0 radical (unpaired) electrons. The molecule has 0 amide bonds. The lowest BCUT2D eigenvalue weighted by molar-refractivity contribution is 0.149. The van der Waals surface area contributed by atoms with Gasteiger partial charge in [0.05, 0.1) is 19.8 Å². The van der Waals surface area contributed by atoms with Crippen molar-refractivity contribution in [1.82, 2.24) is 9.78 Å². The molecule has 0 aliphatic heterocycles. The van der Waals surface area contributed by atoms with Gasteiger partial charge in [-0.25, -0.2) is 0 Å². The highest BCUT2D eigenvalue weighted by Gasteiger charge is 2.01. The van der Waals surface area contributed by atoms with E-state index >= 15 is 0 Å². The molecule has 0 aliphatic carbocycles. The van der Waals surface area contributed by atoms with Gasteiger partial charge in [-0.1, -0.05) is 6.08 Å². The molecule has 1 aromatic heterocycles.